The number of hydrogen-bond acceptors (Lipinski definition) is 1. The molecule has 2 rings (SSSR count). The molecule has 2 atom stereocenters. The van der Waals surface area contributed by atoms with Crippen LogP contribution in [0.2, 0.25) is 0 Å². The van der Waals surface area contributed by atoms with Crippen LogP contribution in [0, 0.1) is 11.8 Å². The molecule has 0 saturated heterocycles. The Kier molecular flexibility index (Phi) is 4.50. The van der Waals surface area contributed by atoms with Gasteiger partial charge >= 0.3 is 0 Å². The summed E-state index contributed by atoms with van der Waals surface area (Å²) in [5.41, 5.74) is 1.97. The quantitative estimate of drug-likeness (QED) is 0.823. The zero-order valence-corrected chi connectivity index (χ0v) is 13.3. The van der Waals surface area contributed by atoms with Crippen molar-refractivity contribution in [3.8, 4) is 0 Å². The molecule has 1 aliphatic rings. The first kappa shape index (κ1) is 14.1. The second-order valence-corrected chi connectivity index (χ2v) is 6.89. The van der Waals surface area contributed by atoms with E-state index in [0.29, 0.717) is 5.41 Å². The second-order valence-electron chi connectivity index (χ2n) is 5.97. The number of hydrogen-bond donors (Lipinski definition) is 1. The van der Waals surface area contributed by atoms with Crippen molar-refractivity contribution in [2.75, 3.05) is 13.1 Å². The molecule has 100 valence electrons. The van der Waals surface area contributed by atoms with Gasteiger partial charge in [-0.15, -0.1) is 0 Å². The van der Waals surface area contributed by atoms with E-state index in [2.05, 4.69) is 66.3 Å². The maximum Gasteiger partial charge on any atom is 0.0175 e. The Morgan fingerprint density at radius 2 is 2.00 bits per heavy atom. The highest BCUT2D eigenvalue weighted by Crippen LogP contribution is 2.56. The highest BCUT2D eigenvalue weighted by atomic mass is 79.9. The molecule has 1 fully saturated rings. The number of rotatable bonds is 6. The molecular weight excluding hydrogens is 286 g/mol. The van der Waals surface area contributed by atoms with Gasteiger partial charge in [-0.05, 0) is 60.9 Å². The topological polar surface area (TPSA) is 12.0 Å². The third kappa shape index (κ3) is 2.97. The molecule has 1 aliphatic carbocycles. The van der Waals surface area contributed by atoms with Crippen molar-refractivity contribution in [3.63, 3.8) is 0 Å². The normalized spacial score (nSPS) is 26.6. The van der Waals surface area contributed by atoms with Gasteiger partial charge in [0.25, 0.3) is 0 Å². The lowest BCUT2D eigenvalue weighted by atomic mass is 9.90. The number of benzene rings is 1. The van der Waals surface area contributed by atoms with Crippen LogP contribution >= 0.6 is 15.9 Å². The first-order chi connectivity index (χ1) is 8.58. The van der Waals surface area contributed by atoms with E-state index in [1.165, 1.54) is 29.4 Å². The van der Waals surface area contributed by atoms with Crippen LogP contribution in [0.15, 0.2) is 28.7 Å². The van der Waals surface area contributed by atoms with Crippen molar-refractivity contribution < 1.29 is 0 Å². The molecule has 0 bridgehead atoms. The van der Waals surface area contributed by atoms with Gasteiger partial charge in [-0.1, -0.05) is 48.8 Å². The highest BCUT2D eigenvalue weighted by Gasteiger charge is 2.52. The van der Waals surface area contributed by atoms with E-state index < -0.39 is 0 Å². The van der Waals surface area contributed by atoms with Gasteiger partial charge in [0.15, 0.2) is 0 Å². The zero-order chi connectivity index (χ0) is 13.2. The van der Waals surface area contributed by atoms with E-state index in [9.17, 15) is 0 Å². The van der Waals surface area contributed by atoms with Gasteiger partial charge in [0, 0.05) is 4.47 Å². The number of halogens is 1. The minimum absolute atomic E-state index is 0.449. The number of nitrogens with one attached hydrogen (secondary N) is 1. The first-order valence-corrected chi connectivity index (χ1v) is 7.84. The van der Waals surface area contributed by atoms with Crippen LogP contribution in [-0.2, 0) is 5.41 Å². The molecule has 0 amide bonds. The fourth-order valence-corrected chi connectivity index (χ4v) is 3.23. The Labute approximate surface area is 119 Å². The average Bonchev–Trinajstić information content (AvgIpc) is 3.04. The molecule has 0 spiro atoms. The first-order valence-electron chi connectivity index (χ1n) is 7.05. The third-order valence-electron chi connectivity index (χ3n) is 4.23. The van der Waals surface area contributed by atoms with Gasteiger partial charge in [0.05, 0.1) is 0 Å². The molecule has 1 N–H and O–H groups in total. The maximum absolute atomic E-state index is 3.61. The van der Waals surface area contributed by atoms with Gasteiger partial charge in [-0.2, -0.15) is 0 Å². The van der Waals surface area contributed by atoms with E-state index in [1.807, 2.05) is 0 Å². The Hall–Kier alpha value is -0.340. The molecule has 1 saturated carbocycles. The summed E-state index contributed by atoms with van der Waals surface area (Å²) < 4.78 is 1.17. The summed E-state index contributed by atoms with van der Waals surface area (Å²) >= 11 is 3.52. The lowest BCUT2D eigenvalue weighted by molar-refractivity contribution is 0.499. The monoisotopic (exact) mass is 309 g/mol. The average molecular weight is 310 g/mol. The van der Waals surface area contributed by atoms with Gasteiger partial charge < -0.3 is 5.32 Å². The highest BCUT2D eigenvalue weighted by molar-refractivity contribution is 9.10. The van der Waals surface area contributed by atoms with Crippen LogP contribution in [0.1, 0.15) is 39.2 Å². The minimum atomic E-state index is 0.449. The van der Waals surface area contributed by atoms with E-state index in [1.54, 1.807) is 0 Å². The molecule has 2 unspecified atom stereocenters. The Morgan fingerprint density at radius 1 is 1.33 bits per heavy atom. The molecule has 0 radical (unpaired) electrons. The standard InChI is InChI=1S/C16H24BrN/c1-4-16(13-5-7-15(17)8-6-13)9-14(16)11-18-10-12(2)3/h5-8,12,14,18H,4,9-11H2,1-3H3. The van der Waals surface area contributed by atoms with Crippen molar-refractivity contribution >= 4 is 15.9 Å². The summed E-state index contributed by atoms with van der Waals surface area (Å²) in [6, 6.07) is 8.92. The Balaban J connectivity index is 1.96. The van der Waals surface area contributed by atoms with E-state index >= 15 is 0 Å². The summed E-state index contributed by atoms with van der Waals surface area (Å²) in [5, 5.41) is 3.61. The molecule has 2 heteroatoms. The predicted octanol–water partition coefficient (Wildman–Crippen LogP) is 4.36. The van der Waals surface area contributed by atoms with Crippen LogP contribution in [-0.4, -0.2) is 13.1 Å². The summed E-state index contributed by atoms with van der Waals surface area (Å²) in [4.78, 5) is 0. The van der Waals surface area contributed by atoms with E-state index in [-0.39, 0.29) is 0 Å². The summed E-state index contributed by atoms with van der Waals surface area (Å²) in [5.74, 6) is 1.56. The van der Waals surface area contributed by atoms with Gasteiger partial charge in [0.1, 0.15) is 0 Å². The summed E-state index contributed by atoms with van der Waals surface area (Å²) in [6.07, 6.45) is 2.60. The molecule has 18 heavy (non-hydrogen) atoms. The third-order valence-corrected chi connectivity index (χ3v) is 4.75. The molecule has 0 heterocycles. The van der Waals surface area contributed by atoms with E-state index in [4.69, 9.17) is 0 Å². The van der Waals surface area contributed by atoms with Crippen molar-refractivity contribution in [2.24, 2.45) is 11.8 Å². The minimum Gasteiger partial charge on any atom is -0.316 e. The van der Waals surface area contributed by atoms with E-state index in [0.717, 1.165) is 18.4 Å². The molecule has 0 aliphatic heterocycles. The largest absolute Gasteiger partial charge is 0.316 e. The summed E-state index contributed by atoms with van der Waals surface area (Å²) in [7, 11) is 0. The van der Waals surface area contributed by atoms with Crippen molar-refractivity contribution in [2.45, 2.75) is 39.0 Å². The zero-order valence-electron chi connectivity index (χ0n) is 11.7. The van der Waals surface area contributed by atoms with Crippen molar-refractivity contribution in [1.82, 2.24) is 5.32 Å². The molecule has 0 aromatic heterocycles. The van der Waals surface area contributed by atoms with Gasteiger partial charge in [-0.25, -0.2) is 0 Å². The molecule has 1 nitrogen and oxygen atoms in total. The van der Waals surface area contributed by atoms with Crippen LogP contribution in [0.5, 0.6) is 0 Å². The van der Waals surface area contributed by atoms with Gasteiger partial charge in [-0.3, -0.25) is 0 Å². The Bertz CT molecular complexity index is 385. The van der Waals surface area contributed by atoms with Crippen LogP contribution < -0.4 is 5.32 Å². The van der Waals surface area contributed by atoms with Crippen molar-refractivity contribution in [3.05, 3.63) is 34.3 Å². The van der Waals surface area contributed by atoms with Crippen molar-refractivity contribution in [1.29, 1.82) is 0 Å². The van der Waals surface area contributed by atoms with Crippen LogP contribution in [0.4, 0.5) is 0 Å². The van der Waals surface area contributed by atoms with Crippen LogP contribution in [0.25, 0.3) is 0 Å². The maximum atomic E-state index is 3.61. The fourth-order valence-electron chi connectivity index (χ4n) is 2.97. The lowest BCUT2D eigenvalue weighted by Crippen LogP contribution is -2.24. The lowest BCUT2D eigenvalue weighted by Gasteiger charge is -2.17. The predicted molar refractivity (Wildman–Crippen MR) is 81.9 cm³/mol. The molecule has 1 aromatic carbocycles. The SMILES string of the molecule is CCC1(c2ccc(Br)cc2)CC1CNCC(C)C. The summed E-state index contributed by atoms with van der Waals surface area (Å²) in [6.45, 7) is 9.16. The molecular formula is C16H24BrN. The van der Waals surface area contributed by atoms with Crippen LogP contribution in [0.3, 0.4) is 0 Å². The van der Waals surface area contributed by atoms with Gasteiger partial charge in [0.2, 0.25) is 0 Å². The fraction of sp³-hybridized carbons (Fsp3) is 0.625. The smallest absolute Gasteiger partial charge is 0.0175 e. The second kappa shape index (κ2) is 5.75. The Morgan fingerprint density at radius 3 is 2.56 bits per heavy atom. The molecule has 1 aromatic rings.